The summed E-state index contributed by atoms with van der Waals surface area (Å²) in [5.74, 6) is 6.75. The van der Waals surface area contributed by atoms with Crippen LogP contribution in [0.5, 0.6) is 0 Å². The number of alkyl halides is 1. The molecule has 0 aliphatic carbocycles. The van der Waals surface area contributed by atoms with Gasteiger partial charge in [0.05, 0.1) is 5.76 Å². The molecule has 0 saturated heterocycles. The number of aliphatic hydroxyl groups excluding tert-OH is 1. The molecule has 0 fully saturated rings. The third kappa shape index (κ3) is 7.88. The molecule has 1 N–H and O–H groups in total. The molecule has 0 spiro atoms. The normalized spacial score (nSPS) is 12.4. The van der Waals surface area contributed by atoms with Gasteiger partial charge in [0.1, 0.15) is 0 Å². The van der Waals surface area contributed by atoms with Gasteiger partial charge < -0.3 is 5.11 Å². The summed E-state index contributed by atoms with van der Waals surface area (Å²) in [7, 11) is 0. The number of nitrogens with zero attached hydrogens (tertiary/aromatic N) is 1. The van der Waals surface area contributed by atoms with Crippen LogP contribution in [0.25, 0.3) is 42.2 Å². The van der Waals surface area contributed by atoms with Crippen molar-refractivity contribution < 1.29 is 34.4 Å². The Labute approximate surface area is 281 Å². The third-order valence-electron chi connectivity index (χ3n) is 7.90. The van der Waals surface area contributed by atoms with Crippen molar-refractivity contribution in [3.8, 4) is 11.3 Å². The van der Waals surface area contributed by atoms with Gasteiger partial charge >= 0.3 is 192 Å². The summed E-state index contributed by atoms with van der Waals surface area (Å²) in [6.07, 6.45) is 4.48. The molecule has 0 atom stereocenters. The van der Waals surface area contributed by atoms with Gasteiger partial charge in [0.2, 0.25) is 0 Å². The number of hydrogen-bond donors (Lipinski definition) is 1. The molecule has 5 rings (SSSR count). The van der Waals surface area contributed by atoms with Crippen molar-refractivity contribution in [1.82, 2.24) is 4.98 Å². The van der Waals surface area contributed by atoms with Crippen LogP contribution in [-0.4, -0.2) is 35.8 Å². The number of thiophene rings is 1. The Morgan fingerprint density at radius 1 is 1.00 bits per heavy atom. The first-order valence-corrected chi connectivity index (χ1v) is 23.2. The van der Waals surface area contributed by atoms with Crippen LogP contribution in [0.4, 0.5) is 4.39 Å². The standard InChI is InChI=1S/C28H28GeNS.C9H15FO2.Ir/c1-28(2,3)23-17-19(16-18-10-7-8-11-20(18)23)25-27-22(14-15-30-25)21-12-9-13-24(26(21)31-27)29(4,5)6;1-3-7(4-2)9(12)5-8(11)6-10;/h7-15,17H,1-6H3;5,7,12H,3-4,6H2,1-2H3;/q-1;;/b;9-5-;. The minimum absolute atomic E-state index is 0. The van der Waals surface area contributed by atoms with Crippen LogP contribution in [0.15, 0.2) is 72.6 Å². The Hall–Kier alpha value is -2.38. The molecule has 0 unspecified atom stereocenters. The fourth-order valence-corrected chi connectivity index (χ4v) is 11.6. The Morgan fingerprint density at radius 2 is 1.64 bits per heavy atom. The maximum absolute atomic E-state index is 11.7. The first-order chi connectivity index (χ1) is 20.3. The van der Waals surface area contributed by atoms with E-state index in [1.54, 1.807) is 4.40 Å². The molecule has 5 aromatic rings. The average Bonchev–Trinajstić information content (AvgIpc) is 3.35. The molecule has 0 aliphatic heterocycles. The SMILES string of the molecule is CC(C)(C)c1cc(-c2nccc3c2sc2[c]([Ge]([CH3])([CH3])[CH3])cccc23)[c-]c2ccccc12.CCC(CC)/C(O)=C/C(=O)CF.[Ir]. The number of fused-ring (bicyclic) bond motifs is 4. The molecule has 7 heteroatoms. The van der Waals surface area contributed by atoms with Crippen molar-refractivity contribution in [2.24, 2.45) is 5.92 Å². The van der Waals surface area contributed by atoms with E-state index >= 15 is 0 Å². The average molecular weight is 850 g/mol. The Kier molecular flexibility index (Phi) is 12.1. The first-order valence-electron chi connectivity index (χ1n) is 15.1. The second-order valence-corrected chi connectivity index (χ2v) is 24.7. The fraction of sp³-hybridized carbons (Fsp3) is 0.351. The predicted octanol–water partition coefficient (Wildman–Crippen LogP) is 10.3. The quantitative estimate of drug-likeness (QED) is 0.0768. The topological polar surface area (TPSA) is 50.2 Å². The van der Waals surface area contributed by atoms with E-state index in [1.807, 2.05) is 31.4 Å². The summed E-state index contributed by atoms with van der Waals surface area (Å²) in [4.78, 5) is 15.4. The molecule has 0 aliphatic rings. The monoisotopic (exact) mass is 851 g/mol. The molecule has 3 nitrogen and oxygen atoms in total. The fourth-order valence-electron chi connectivity index (χ4n) is 5.51. The Balaban J connectivity index is 0.000000349. The maximum Gasteiger partial charge on any atom is 0.189 e. The summed E-state index contributed by atoms with van der Waals surface area (Å²) in [5, 5.41) is 14.4. The van der Waals surface area contributed by atoms with Gasteiger partial charge in [0, 0.05) is 32.1 Å². The number of aliphatic hydroxyl groups is 1. The third-order valence-corrected chi connectivity index (χ3v) is 13.8. The zero-order chi connectivity index (χ0) is 31.5. The second-order valence-electron chi connectivity index (χ2n) is 13.1. The van der Waals surface area contributed by atoms with E-state index in [1.165, 1.54) is 31.1 Å². The minimum atomic E-state index is -1.99. The molecule has 0 amide bonds. The summed E-state index contributed by atoms with van der Waals surface area (Å²) in [6, 6.07) is 23.7. The van der Waals surface area contributed by atoms with E-state index < -0.39 is 25.7 Å². The van der Waals surface area contributed by atoms with Crippen molar-refractivity contribution in [1.29, 1.82) is 0 Å². The molecule has 2 heterocycles. The molecule has 44 heavy (non-hydrogen) atoms. The van der Waals surface area contributed by atoms with E-state index in [9.17, 15) is 14.3 Å². The zero-order valence-electron chi connectivity index (χ0n) is 27.0. The predicted molar refractivity (Wildman–Crippen MR) is 186 cm³/mol. The molecule has 0 saturated carbocycles. The van der Waals surface area contributed by atoms with E-state index in [-0.39, 0.29) is 37.2 Å². The van der Waals surface area contributed by atoms with Gasteiger partial charge in [-0.2, -0.15) is 0 Å². The number of rotatable bonds is 7. The number of halogens is 1. The van der Waals surface area contributed by atoms with Crippen molar-refractivity contribution >= 4 is 65.7 Å². The van der Waals surface area contributed by atoms with Gasteiger partial charge in [-0.05, 0) is 12.8 Å². The molecular weight excluding hydrogens is 806 g/mol. The molecule has 0 bridgehead atoms. The molecule has 235 valence electrons. The van der Waals surface area contributed by atoms with Crippen LogP contribution >= 0.6 is 11.3 Å². The number of hydrogen-bond acceptors (Lipinski definition) is 4. The van der Waals surface area contributed by atoms with E-state index in [4.69, 9.17) is 4.98 Å². The van der Waals surface area contributed by atoms with Crippen LogP contribution in [0, 0.1) is 12.0 Å². The summed E-state index contributed by atoms with van der Waals surface area (Å²) < 4.78 is 16.0. The minimum Gasteiger partial charge on any atom is -0.512 e. The molecule has 2 aromatic heterocycles. The number of ketones is 1. The van der Waals surface area contributed by atoms with Crippen molar-refractivity contribution in [3.63, 3.8) is 0 Å². The molecule has 1 radical (unpaired) electrons. The van der Waals surface area contributed by atoms with E-state index in [2.05, 4.69) is 98.7 Å². The summed E-state index contributed by atoms with van der Waals surface area (Å²) in [6.45, 7) is 9.65. The van der Waals surface area contributed by atoms with Crippen LogP contribution in [0.2, 0.25) is 17.3 Å². The smallest absolute Gasteiger partial charge is 0.189 e. The van der Waals surface area contributed by atoms with Gasteiger partial charge in [0.15, 0.2) is 12.5 Å². The van der Waals surface area contributed by atoms with Crippen molar-refractivity contribution in [3.05, 3.63) is 84.3 Å². The second kappa shape index (κ2) is 14.8. The summed E-state index contributed by atoms with van der Waals surface area (Å²) >= 11 is -0.0661. The summed E-state index contributed by atoms with van der Waals surface area (Å²) in [5.41, 5.74) is 3.55. The van der Waals surface area contributed by atoms with Crippen LogP contribution < -0.4 is 4.40 Å². The number of benzene rings is 3. The first kappa shape index (κ1) is 36.1. The number of aromatic nitrogens is 1. The van der Waals surface area contributed by atoms with Crippen LogP contribution in [-0.2, 0) is 30.3 Å². The van der Waals surface area contributed by atoms with Crippen LogP contribution in [0.3, 0.4) is 0 Å². The maximum atomic E-state index is 11.7. The largest absolute Gasteiger partial charge is 0.512 e. The van der Waals surface area contributed by atoms with Gasteiger partial charge in [-0.1, -0.05) is 13.8 Å². The van der Waals surface area contributed by atoms with Gasteiger partial charge in [0.25, 0.3) is 0 Å². The molecular formula is C37H43FGeIrNO2S-. The number of allylic oxidation sites excluding steroid dienone is 2. The number of carbonyl (C=O) groups excluding carboxylic acids is 1. The number of pyridine rings is 1. The van der Waals surface area contributed by atoms with Crippen molar-refractivity contribution in [2.45, 2.75) is 70.1 Å². The Bertz CT molecular complexity index is 1800. The zero-order valence-corrected chi connectivity index (χ0v) is 32.3. The van der Waals surface area contributed by atoms with Crippen molar-refractivity contribution in [2.75, 3.05) is 6.67 Å². The number of carbonyl (C=O) groups is 1. The van der Waals surface area contributed by atoms with E-state index in [0.717, 1.165) is 35.6 Å². The van der Waals surface area contributed by atoms with E-state index in [0.29, 0.717) is 0 Å². The van der Waals surface area contributed by atoms with Gasteiger partial charge in [-0.3, -0.25) is 4.79 Å². The van der Waals surface area contributed by atoms with Crippen LogP contribution in [0.1, 0.15) is 53.0 Å². The molecule has 3 aromatic carbocycles. The Morgan fingerprint density at radius 3 is 2.25 bits per heavy atom. The van der Waals surface area contributed by atoms with Gasteiger partial charge in [-0.25, -0.2) is 4.39 Å². The van der Waals surface area contributed by atoms with Gasteiger partial charge in [-0.15, -0.1) is 0 Å².